The topological polar surface area (TPSA) is 130 Å². The van der Waals surface area contributed by atoms with Gasteiger partial charge in [-0.05, 0) is 60.3 Å². The van der Waals surface area contributed by atoms with Crippen LogP contribution in [0.5, 0.6) is 5.75 Å². The third kappa shape index (κ3) is 5.50. The molecule has 0 saturated carbocycles. The van der Waals surface area contributed by atoms with E-state index in [1.165, 1.54) is 12.1 Å². The van der Waals surface area contributed by atoms with Crippen molar-refractivity contribution in [2.45, 2.75) is 33.2 Å². The molecule has 11 nitrogen and oxygen atoms in total. The average molecular weight is 610 g/mol. The number of anilines is 1. The van der Waals surface area contributed by atoms with E-state index in [9.17, 15) is 14.3 Å². The molecule has 2 aliphatic rings. The number of hydrogen-bond donors (Lipinski definition) is 3. The fourth-order valence-corrected chi connectivity index (χ4v) is 6.52. The van der Waals surface area contributed by atoms with Crippen molar-refractivity contribution in [3.05, 3.63) is 71.2 Å². The van der Waals surface area contributed by atoms with E-state index in [-0.39, 0.29) is 11.7 Å². The molecule has 0 aliphatic carbocycles. The Hall–Kier alpha value is -4.84. The lowest BCUT2D eigenvalue weighted by Gasteiger charge is -2.26. The van der Waals surface area contributed by atoms with Crippen molar-refractivity contribution < 1.29 is 14.3 Å². The second-order valence-electron chi connectivity index (χ2n) is 12.2. The zero-order chi connectivity index (χ0) is 31.2. The molecule has 5 heterocycles. The van der Waals surface area contributed by atoms with Gasteiger partial charge in [0, 0.05) is 44.5 Å². The summed E-state index contributed by atoms with van der Waals surface area (Å²) < 4.78 is 14.2. The molecular formula is C33H36FN9O2. The number of imidazole rings is 1. The van der Waals surface area contributed by atoms with Gasteiger partial charge in [-0.2, -0.15) is 5.10 Å². The van der Waals surface area contributed by atoms with E-state index in [2.05, 4.69) is 48.9 Å². The summed E-state index contributed by atoms with van der Waals surface area (Å²) in [5.74, 6) is 0.784. The number of carbonyl (C=O) groups excluding carboxylic acids is 1. The van der Waals surface area contributed by atoms with Gasteiger partial charge < -0.3 is 24.8 Å². The van der Waals surface area contributed by atoms with Gasteiger partial charge in [0.2, 0.25) is 0 Å². The first-order valence-corrected chi connectivity index (χ1v) is 15.4. The Kier molecular flexibility index (Phi) is 7.44. The van der Waals surface area contributed by atoms with E-state index >= 15 is 0 Å². The van der Waals surface area contributed by atoms with Gasteiger partial charge in [-0.1, -0.05) is 19.9 Å². The summed E-state index contributed by atoms with van der Waals surface area (Å²) in [5, 5.41) is 18.3. The van der Waals surface area contributed by atoms with E-state index in [4.69, 9.17) is 4.98 Å². The Balaban J connectivity index is 1.08. The quantitative estimate of drug-likeness (QED) is 0.267. The number of phenols is 1. The second-order valence-corrected chi connectivity index (χ2v) is 12.2. The maximum Gasteiger partial charge on any atom is 0.274 e. The number of amides is 1. The van der Waals surface area contributed by atoms with Crippen LogP contribution in [0.4, 0.5) is 10.2 Å². The molecule has 12 heteroatoms. The summed E-state index contributed by atoms with van der Waals surface area (Å²) in [5.41, 5.74) is 5.98. The predicted octanol–water partition coefficient (Wildman–Crippen LogP) is 4.40. The molecule has 1 atom stereocenters. The summed E-state index contributed by atoms with van der Waals surface area (Å²) in [6, 6.07) is 8.64. The van der Waals surface area contributed by atoms with E-state index in [1.807, 2.05) is 25.1 Å². The van der Waals surface area contributed by atoms with Crippen molar-refractivity contribution >= 4 is 22.6 Å². The summed E-state index contributed by atoms with van der Waals surface area (Å²) >= 11 is 0. The lowest BCUT2D eigenvalue weighted by atomic mass is 9.96. The summed E-state index contributed by atoms with van der Waals surface area (Å²) in [6.45, 7) is 8.93. The fraction of sp³-hybridized carbons (Fsp3) is 0.364. The van der Waals surface area contributed by atoms with Gasteiger partial charge in [0.05, 0.1) is 35.8 Å². The smallest absolute Gasteiger partial charge is 0.274 e. The number of phenolic OH excluding ortho intramolecular Hbond substituents is 1. The molecule has 0 bridgehead atoms. The molecule has 1 saturated heterocycles. The van der Waals surface area contributed by atoms with Crippen LogP contribution in [0.1, 0.15) is 41.3 Å². The van der Waals surface area contributed by atoms with Crippen molar-refractivity contribution in [3.63, 3.8) is 0 Å². The number of H-pyrrole nitrogens is 2. The molecule has 2 aliphatic heterocycles. The minimum absolute atomic E-state index is 0.158. The van der Waals surface area contributed by atoms with Gasteiger partial charge in [-0.15, -0.1) is 0 Å². The van der Waals surface area contributed by atoms with Crippen LogP contribution in [0.2, 0.25) is 0 Å². The number of nitrogens with one attached hydrogen (secondary N) is 2. The minimum Gasteiger partial charge on any atom is -0.505 e. The van der Waals surface area contributed by atoms with Crippen molar-refractivity contribution in [2.75, 3.05) is 44.7 Å². The number of carbonyl (C=O) groups is 1. The van der Waals surface area contributed by atoms with Crippen molar-refractivity contribution in [2.24, 2.45) is 5.92 Å². The van der Waals surface area contributed by atoms with Gasteiger partial charge in [0.1, 0.15) is 17.2 Å². The van der Waals surface area contributed by atoms with Gasteiger partial charge in [-0.25, -0.2) is 19.3 Å². The van der Waals surface area contributed by atoms with E-state index in [0.717, 1.165) is 71.0 Å². The molecule has 7 rings (SSSR count). The first-order chi connectivity index (χ1) is 21.8. The number of benzene rings is 2. The molecule has 1 amide bonds. The first-order valence-electron chi connectivity index (χ1n) is 15.4. The van der Waals surface area contributed by atoms with Crippen molar-refractivity contribution in [1.29, 1.82) is 0 Å². The van der Waals surface area contributed by atoms with E-state index in [0.29, 0.717) is 49.1 Å². The Morgan fingerprint density at radius 2 is 1.98 bits per heavy atom. The lowest BCUT2D eigenvalue weighted by molar-refractivity contribution is 0.0725. The number of rotatable bonds is 5. The largest absolute Gasteiger partial charge is 0.505 e. The normalized spacial score (nSPS) is 17.5. The van der Waals surface area contributed by atoms with Crippen molar-refractivity contribution in [3.8, 4) is 28.4 Å². The van der Waals surface area contributed by atoms with E-state index in [1.54, 1.807) is 17.3 Å². The highest BCUT2D eigenvalue weighted by molar-refractivity contribution is 5.94. The summed E-state index contributed by atoms with van der Waals surface area (Å²) in [6.07, 6.45) is 4.57. The summed E-state index contributed by atoms with van der Waals surface area (Å²) in [4.78, 5) is 37.1. The second kappa shape index (κ2) is 11.6. The van der Waals surface area contributed by atoms with Crippen LogP contribution in [-0.2, 0) is 19.4 Å². The molecular weight excluding hydrogens is 573 g/mol. The molecule has 232 valence electrons. The molecule has 0 unspecified atom stereocenters. The molecule has 3 N–H and O–H groups in total. The van der Waals surface area contributed by atoms with Crippen LogP contribution in [0.15, 0.2) is 42.7 Å². The zero-order valence-electron chi connectivity index (χ0n) is 25.6. The first kappa shape index (κ1) is 28.9. The third-order valence-corrected chi connectivity index (χ3v) is 8.86. The molecule has 0 spiro atoms. The van der Waals surface area contributed by atoms with E-state index < -0.39 is 5.82 Å². The van der Waals surface area contributed by atoms with Gasteiger partial charge in [-0.3, -0.25) is 9.89 Å². The molecule has 3 aromatic heterocycles. The Labute approximate surface area is 260 Å². The number of aromatic nitrogens is 6. The van der Waals surface area contributed by atoms with Crippen LogP contribution < -0.4 is 4.90 Å². The maximum atomic E-state index is 14.2. The molecule has 0 radical (unpaired) electrons. The van der Waals surface area contributed by atoms with Gasteiger partial charge in [0.15, 0.2) is 17.4 Å². The Bertz CT molecular complexity index is 1880. The van der Waals surface area contributed by atoms with Gasteiger partial charge >= 0.3 is 0 Å². The zero-order valence-corrected chi connectivity index (χ0v) is 25.6. The highest BCUT2D eigenvalue weighted by Crippen LogP contribution is 2.34. The Morgan fingerprint density at radius 1 is 1.11 bits per heavy atom. The molecule has 2 aromatic carbocycles. The third-order valence-electron chi connectivity index (χ3n) is 8.86. The van der Waals surface area contributed by atoms with Crippen LogP contribution in [0, 0.1) is 11.7 Å². The highest BCUT2D eigenvalue weighted by Gasteiger charge is 2.27. The minimum atomic E-state index is -0.652. The Morgan fingerprint density at radius 3 is 2.78 bits per heavy atom. The van der Waals surface area contributed by atoms with Crippen LogP contribution in [-0.4, -0.2) is 90.7 Å². The number of aromatic hydroxyl groups is 1. The fourth-order valence-electron chi connectivity index (χ4n) is 6.52. The van der Waals surface area contributed by atoms with Crippen molar-refractivity contribution in [1.82, 2.24) is 39.9 Å². The number of likely N-dealkylation sites (N-methyl/N-ethyl adjacent to an activating group) is 1. The van der Waals surface area contributed by atoms with Crippen LogP contribution in [0.3, 0.4) is 0 Å². The van der Waals surface area contributed by atoms with Crippen LogP contribution in [0.25, 0.3) is 33.5 Å². The molecule has 5 aromatic rings. The predicted molar refractivity (Wildman–Crippen MR) is 169 cm³/mol. The standard InChI is InChI=1S/C33H36FN9O2/c1-4-20-12-29(44)24(34)13-23(20)21-5-6-22-26(11-21)39-40-31(22)32-37-25-7-8-43(18-28(25)38-32)33(45)27-14-36-30(15-35-27)42-10-9-41(3)16-19(2)17-42/h5-6,11-15,19,44H,4,7-10,16-18H2,1-3H3,(H,37,38)(H,39,40)/t19-/m1/s1. The molecule has 1 fully saturated rings. The molecule has 45 heavy (non-hydrogen) atoms. The summed E-state index contributed by atoms with van der Waals surface area (Å²) in [7, 11) is 2.14. The monoisotopic (exact) mass is 609 g/mol. The number of halogens is 1. The highest BCUT2D eigenvalue weighted by atomic mass is 19.1. The number of aryl methyl sites for hydroxylation is 1. The average Bonchev–Trinajstić information content (AvgIpc) is 3.62. The lowest BCUT2D eigenvalue weighted by Crippen LogP contribution is -2.36. The number of hydrogen-bond acceptors (Lipinski definition) is 8. The van der Waals surface area contributed by atoms with Crippen LogP contribution >= 0.6 is 0 Å². The maximum absolute atomic E-state index is 14.2. The SMILES string of the molecule is CCc1cc(O)c(F)cc1-c1ccc2c(-c3nc4c([nH]3)CN(C(=O)c3cnc(N5CCN(C)C[C@@H](C)C5)cn3)CC4)n[nH]c2c1. The number of fused-ring (bicyclic) bond motifs is 2. The van der Waals surface area contributed by atoms with Gasteiger partial charge in [0.25, 0.3) is 5.91 Å². The number of nitrogens with zero attached hydrogens (tertiary/aromatic N) is 7. The number of aromatic amines is 2.